The van der Waals surface area contributed by atoms with E-state index in [2.05, 4.69) is 12.2 Å². The number of hydrogen-bond donors (Lipinski definition) is 0. The van der Waals surface area contributed by atoms with E-state index < -0.39 is 0 Å². The average molecular weight is 359 g/mol. The summed E-state index contributed by atoms with van der Waals surface area (Å²) in [6.45, 7) is 0. The van der Waals surface area contributed by atoms with Crippen molar-refractivity contribution in [3.05, 3.63) is 48.6 Å². The Kier molecular flexibility index (Phi) is 2.78. The molecule has 5 nitrogen and oxygen atoms in total. The largest absolute Gasteiger partial charge is 0.495 e. The number of ether oxygens (including phenoxy) is 1. The monoisotopic (exact) mass is 359 g/mol. The second-order valence-corrected chi connectivity index (χ2v) is 7.60. The molecule has 6 rings (SSSR count). The Morgan fingerprint density at radius 2 is 1.67 bits per heavy atom. The molecule has 1 saturated carbocycles. The van der Waals surface area contributed by atoms with E-state index in [-0.39, 0.29) is 35.5 Å². The van der Waals surface area contributed by atoms with Gasteiger partial charge in [0.05, 0.1) is 24.3 Å². The van der Waals surface area contributed by atoms with Gasteiger partial charge in [0.25, 0.3) is 0 Å². The molecule has 4 unspecified atom stereocenters. The molecule has 1 aliphatic heterocycles. The van der Waals surface area contributed by atoms with Crippen molar-refractivity contribution in [3.8, 4) is 5.75 Å². The fraction of sp³-hybridized carbons (Fsp3) is 0.273. The Morgan fingerprint density at radius 3 is 2.37 bits per heavy atom. The summed E-state index contributed by atoms with van der Waals surface area (Å²) in [6.07, 6.45) is 5.12. The van der Waals surface area contributed by atoms with Crippen LogP contribution in [0.5, 0.6) is 5.75 Å². The van der Waals surface area contributed by atoms with Crippen LogP contribution >= 0.6 is 0 Å². The van der Waals surface area contributed by atoms with Crippen molar-refractivity contribution in [3.63, 3.8) is 0 Å². The Bertz CT molecular complexity index is 1140. The fourth-order valence-corrected chi connectivity index (χ4v) is 5.29. The number of amides is 2. The minimum Gasteiger partial charge on any atom is -0.495 e. The molecule has 3 aliphatic rings. The zero-order chi connectivity index (χ0) is 18.3. The van der Waals surface area contributed by atoms with Crippen molar-refractivity contribution in [1.82, 2.24) is 0 Å². The minimum atomic E-state index is -0.245. The van der Waals surface area contributed by atoms with Gasteiger partial charge in [0.2, 0.25) is 11.8 Å². The number of rotatable bonds is 2. The first-order valence-corrected chi connectivity index (χ1v) is 9.23. The fourth-order valence-electron chi connectivity index (χ4n) is 5.29. The number of imide groups is 1. The van der Waals surface area contributed by atoms with Crippen LogP contribution in [-0.2, 0) is 9.59 Å². The third-order valence-corrected chi connectivity index (χ3v) is 6.39. The lowest BCUT2D eigenvalue weighted by atomic mass is 9.85. The zero-order valence-electron chi connectivity index (χ0n) is 14.7. The lowest BCUT2D eigenvalue weighted by molar-refractivity contribution is -0.123. The van der Waals surface area contributed by atoms with E-state index in [1.807, 2.05) is 30.3 Å². The Morgan fingerprint density at radius 1 is 0.963 bits per heavy atom. The maximum absolute atomic E-state index is 13.3. The van der Waals surface area contributed by atoms with Crippen LogP contribution in [0.25, 0.3) is 21.9 Å². The summed E-state index contributed by atoms with van der Waals surface area (Å²) in [5.41, 5.74) is 1.89. The number of anilines is 1. The number of carbonyl (C=O) groups is 2. The van der Waals surface area contributed by atoms with Gasteiger partial charge in [-0.3, -0.25) is 9.59 Å². The van der Waals surface area contributed by atoms with Crippen LogP contribution in [-0.4, -0.2) is 18.9 Å². The van der Waals surface area contributed by atoms with Gasteiger partial charge >= 0.3 is 0 Å². The molecule has 2 aliphatic carbocycles. The Balaban J connectivity index is 1.63. The number of furan rings is 1. The van der Waals surface area contributed by atoms with Crippen molar-refractivity contribution in [2.45, 2.75) is 6.42 Å². The van der Waals surface area contributed by atoms with E-state index in [1.54, 1.807) is 13.2 Å². The summed E-state index contributed by atoms with van der Waals surface area (Å²) in [5.74, 6) is 0.142. The molecule has 2 heterocycles. The molecule has 0 N–H and O–H groups in total. The van der Waals surface area contributed by atoms with Gasteiger partial charge in [-0.05, 0) is 36.5 Å². The second-order valence-electron chi connectivity index (χ2n) is 7.60. The molecule has 2 bridgehead atoms. The smallest absolute Gasteiger partial charge is 0.238 e. The van der Waals surface area contributed by atoms with Crippen LogP contribution < -0.4 is 9.64 Å². The zero-order valence-corrected chi connectivity index (χ0v) is 14.7. The maximum atomic E-state index is 13.3. The Hall–Kier alpha value is -3.08. The molecule has 1 aromatic heterocycles. The lowest BCUT2D eigenvalue weighted by Crippen LogP contribution is -2.33. The predicted octanol–water partition coefficient (Wildman–Crippen LogP) is 3.91. The van der Waals surface area contributed by atoms with Gasteiger partial charge in [-0.2, -0.15) is 0 Å². The number of hydrogen-bond acceptors (Lipinski definition) is 4. The van der Waals surface area contributed by atoms with Gasteiger partial charge in [0.1, 0.15) is 22.6 Å². The molecule has 0 radical (unpaired) electrons. The first-order valence-electron chi connectivity index (χ1n) is 9.23. The third kappa shape index (κ3) is 1.74. The summed E-state index contributed by atoms with van der Waals surface area (Å²) in [7, 11) is 1.56. The van der Waals surface area contributed by atoms with Crippen LogP contribution in [0.4, 0.5) is 5.69 Å². The third-order valence-electron chi connectivity index (χ3n) is 6.39. The van der Waals surface area contributed by atoms with Gasteiger partial charge in [-0.15, -0.1) is 0 Å². The number of nitrogens with zero attached hydrogens (tertiary/aromatic N) is 1. The van der Waals surface area contributed by atoms with Gasteiger partial charge in [-0.25, -0.2) is 4.90 Å². The minimum absolute atomic E-state index is 0.113. The molecule has 27 heavy (non-hydrogen) atoms. The van der Waals surface area contributed by atoms with E-state index >= 15 is 0 Å². The van der Waals surface area contributed by atoms with Gasteiger partial charge in [0.15, 0.2) is 0 Å². The topological polar surface area (TPSA) is 59.8 Å². The van der Waals surface area contributed by atoms with E-state index in [1.165, 1.54) is 4.90 Å². The SMILES string of the molecule is COc1ccc2oc3ccccc3c2c1N1C(=O)C2C3C=CC(C3)C2C1=O. The molecule has 2 fully saturated rings. The molecule has 0 spiro atoms. The first kappa shape index (κ1) is 15.0. The van der Waals surface area contributed by atoms with Crippen LogP contribution in [0, 0.1) is 23.7 Å². The highest BCUT2D eigenvalue weighted by Crippen LogP contribution is 2.55. The summed E-state index contributed by atoms with van der Waals surface area (Å²) < 4.78 is 11.5. The van der Waals surface area contributed by atoms with Gasteiger partial charge < -0.3 is 9.15 Å². The van der Waals surface area contributed by atoms with Crippen LogP contribution in [0.15, 0.2) is 53.0 Å². The highest BCUT2D eigenvalue weighted by molar-refractivity contribution is 6.28. The lowest BCUT2D eigenvalue weighted by Gasteiger charge is -2.20. The molecular weight excluding hydrogens is 342 g/mol. The highest BCUT2D eigenvalue weighted by Gasteiger charge is 2.60. The summed E-state index contributed by atoms with van der Waals surface area (Å²) in [5, 5.41) is 1.63. The highest BCUT2D eigenvalue weighted by atomic mass is 16.5. The van der Waals surface area contributed by atoms with Crippen LogP contribution in [0.3, 0.4) is 0 Å². The summed E-state index contributed by atoms with van der Waals surface area (Å²) in [6, 6.07) is 11.3. The number of para-hydroxylation sites is 1. The normalized spacial score (nSPS) is 28.7. The molecule has 134 valence electrons. The van der Waals surface area contributed by atoms with E-state index in [0.29, 0.717) is 17.0 Å². The van der Waals surface area contributed by atoms with Crippen molar-refractivity contribution in [2.24, 2.45) is 23.7 Å². The van der Waals surface area contributed by atoms with E-state index in [0.717, 1.165) is 22.8 Å². The number of fused-ring (bicyclic) bond motifs is 8. The second kappa shape index (κ2) is 5.00. The predicted molar refractivity (Wildman–Crippen MR) is 100 cm³/mol. The standard InChI is InChI=1S/C22H17NO4/c1-26-16-9-8-15-19(13-4-2-3-5-14(13)27-15)20(16)23-21(24)17-11-6-7-12(10-11)18(17)22(23)25/h2-9,11-12,17-18H,10H2,1H3. The Labute approximate surface area is 155 Å². The molecular formula is C22H17NO4. The van der Waals surface area contributed by atoms with Gasteiger partial charge in [0, 0.05) is 5.39 Å². The van der Waals surface area contributed by atoms with Crippen LogP contribution in [0.1, 0.15) is 6.42 Å². The van der Waals surface area contributed by atoms with Crippen molar-refractivity contribution in [1.29, 1.82) is 0 Å². The van der Waals surface area contributed by atoms with Crippen molar-refractivity contribution in [2.75, 3.05) is 12.0 Å². The van der Waals surface area contributed by atoms with E-state index in [4.69, 9.17) is 9.15 Å². The maximum Gasteiger partial charge on any atom is 0.238 e. The average Bonchev–Trinajstić information content (AvgIpc) is 3.43. The number of methoxy groups -OCH3 is 1. The first-order chi connectivity index (χ1) is 13.2. The van der Waals surface area contributed by atoms with E-state index in [9.17, 15) is 9.59 Å². The van der Waals surface area contributed by atoms with Crippen LogP contribution in [0.2, 0.25) is 0 Å². The molecule has 5 heteroatoms. The number of carbonyl (C=O) groups excluding carboxylic acids is 2. The molecule has 2 amide bonds. The summed E-state index contributed by atoms with van der Waals surface area (Å²) in [4.78, 5) is 28.1. The molecule has 4 atom stereocenters. The van der Waals surface area contributed by atoms with Crippen molar-refractivity contribution < 1.29 is 18.7 Å². The molecule has 1 saturated heterocycles. The molecule has 2 aromatic carbocycles. The number of allylic oxidation sites excluding steroid dienone is 2. The van der Waals surface area contributed by atoms with Crippen molar-refractivity contribution >= 4 is 39.4 Å². The number of benzene rings is 2. The summed E-state index contributed by atoms with van der Waals surface area (Å²) >= 11 is 0. The molecule has 3 aromatic rings. The van der Waals surface area contributed by atoms with Gasteiger partial charge in [-0.1, -0.05) is 30.4 Å². The quantitative estimate of drug-likeness (QED) is 0.514.